The molecule has 1 aliphatic rings. The van der Waals surface area contributed by atoms with Crippen molar-refractivity contribution in [2.45, 2.75) is 84.8 Å². The third-order valence-corrected chi connectivity index (χ3v) is 6.54. The number of hydrogen-bond donors (Lipinski definition) is 1. The van der Waals surface area contributed by atoms with Gasteiger partial charge in [0.25, 0.3) is 0 Å². The second-order valence-corrected chi connectivity index (χ2v) is 10.4. The van der Waals surface area contributed by atoms with Gasteiger partial charge in [-0.05, 0) is 74.2 Å². The Balaban J connectivity index is 1.52. The first-order chi connectivity index (χ1) is 15.8. The Labute approximate surface area is 198 Å². The minimum atomic E-state index is -0.686. The number of aromatic nitrogens is 1. The van der Waals surface area contributed by atoms with Gasteiger partial charge in [0.15, 0.2) is 0 Å². The van der Waals surface area contributed by atoms with E-state index in [2.05, 4.69) is 55.8 Å². The average Bonchev–Trinajstić information content (AvgIpc) is 2.77. The Hall–Kier alpha value is -2.34. The monoisotopic (exact) mass is 455 g/mol. The van der Waals surface area contributed by atoms with E-state index in [0.29, 0.717) is 0 Å². The first-order valence-corrected chi connectivity index (χ1v) is 12.5. The summed E-state index contributed by atoms with van der Waals surface area (Å²) < 4.78 is 11.9. The number of hydrogen-bond acceptors (Lipinski definition) is 5. The Morgan fingerprint density at radius 2 is 2.00 bits per heavy atom. The summed E-state index contributed by atoms with van der Waals surface area (Å²) in [6.45, 7) is 11.5. The molecule has 1 fully saturated rings. The maximum absolute atomic E-state index is 11.2. The van der Waals surface area contributed by atoms with Gasteiger partial charge in [0.05, 0.1) is 0 Å². The van der Waals surface area contributed by atoms with Crippen LogP contribution in [0.15, 0.2) is 30.5 Å². The van der Waals surface area contributed by atoms with E-state index >= 15 is 0 Å². The molecule has 0 bridgehead atoms. The molecule has 6 nitrogen and oxygen atoms in total. The summed E-state index contributed by atoms with van der Waals surface area (Å²) in [5.74, 6) is 0.925. The predicted molar refractivity (Wildman–Crippen MR) is 134 cm³/mol. The van der Waals surface area contributed by atoms with E-state index in [1.54, 1.807) is 0 Å². The van der Waals surface area contributed by atoms with E-state index in [-0.39, 0.29) is 17.6 Å². The highest BCUT2D eigenvalue weighted by Gasteiger charge is 2.28. The number of benzene rings is 1. The van der Waals surface area contributed by atoms with Gasteiger partial charge in [0.2, 0.25) is 0 Å². The van der Waals surface area contributed by atoms with Crippen LogP contribution in [0.3, 0.4) is 0 Å². The Kier molecular flexibility index (Phi) is 8.95. The third-order valence-electron chi connectivity index (χ3n) is 6.54. The molecule has 1 aliphatic heterocycles. The van der Waals surface area contributed by atoms with Crippen molar-refractivity contribution in [1.82, 2.24) is 9.88 Å². The molecule has 2 aromatic rings. The van der Waals surface area contributed by atoms with E-state index in [9.17, 15) is 4.79 Å². The topological polar surface area (TPSA) is 77.7 Å². The molecular weight excluding hydrogens is 414 g/mol. The molecule has 3 rings (SSSR count). The van der Waals surface area contributed by atoms with Crippen LogP contribution < -0.4 is 10.5 Å². The number of likely N-dealkylation sites (tertiary alicyclic amines) is 1. The number of carbonyl (C=O) groups excluding carboxylic acids is 1. The number of nitrogens with two attached hydrogens (primary N) is 1. The maximum Gasteiger partial charge on any atom is 0.404 e. The van der Waals surface area contributed by atoms with Gasteiger partial charge in [-0.25, -0.2) is 4.79 Å². The highest BCUT2D eigenvalue weighted by Crippen LogP contribution is 2.30. The number of pyridine rings is 1. The number of piperidine rings is 1. The molecule has 182 valence electrons. The van der Waals surface area contributed by atoms with Crippen LogP contribution >= 0.6 is 0 Å². The lowest BCUT2D eigenvalue weighted by atomic mass is 9.86. The zero-order chi connectivity index (χ0) is 23.8. The molecule has 6 heteroatoms. The minimum Gasteiger partial charge on any atom is -0.488 e. The Morgan fingerprint density at radius 3 is 2.67 bits per heavy atom. The smallest absolute Gasteiger partial charge is 0.404 e. The van der Waals surface area contributed by atoms with E-state index in [1.165, 1.54) is 18.4 Å². The molecule has 1 unspecified atom stereocenters. The van der Waals surface area contributed by atoms with Gasteiger partial charge in [-0.3, -0.25) is 4.98 Å². The number of fused-ring (bicyclic) bond motifs is 1. The number of unbranched alkanes of at least 4 members (excludes halogenated alkanes) is 1. The summed E-state index contributed by atoms with van der Waals surface area (Å²) in [4.78, 5) is 18.3. The fraction of sp³-hybridized carbons (Fsp3) is 0.630. The van der Waals surface area contributed by atoms with E-state index < -0.39 is 6.09 Å². The first-order valence-electron chi connectivity index (χ1n) is 12.5. The number of primary amides is 1. The number of nitrogens with zero attached hydrogens (tertiary/aromatic N) is 2. The van der Waals surface area contributed by atoms with Crippen LogP contribution in [-0.2, 0) is 11.2 Å². The molecule has 1 aromatic heterocycles. The second kappa shape index (κ2) is 11.7. The van der Waals surface area contributed by atoms with Crippen LogP contribution in [-0.4, -0.2) is 47.8 Å². The van der Waals surface area contributed by atoms with Crippen molar-refractivity contribution in [1.29, 1.82) is 0 Å². The van der Waals surface area contributed by atoms with Crippen LogP contribution in [0.4, 0.5) is 4.79 Å². The van der Waals surface area contributed by atoms with Crippen LogP contribution in [0, 0.1) is 5.41 Å². The standard InChI is InChI=1S/C27H41N3O3/c1-5-6-9-20-18-21-10-7-14-29-25(21)23(19-20)32-22-12-16-30(17-13-22)15-8-11-24(27(2,3)4)33-26(28)31/h7,10,14,18-19,22,24H,5-6,8-9,11-13,15-17H2,1-4H3,(H2,28,31). The van der Waals surface area contributed by atoms with Crippen LogP contribution in [0.25, 0.3) is 10.9 Å². The number of carbonyl (C=O) groups is 1. The van der Waals surface area contributed by atoms with Gasteiger partial charge < -0.3 is 20.1 Å². The zero-order valence-electron chi connectivity index (χ0n) is 20.8. The van der Waals surface area contributed by atoms with Crippen molar-refractivity contribution in [3.05, 3.63) is 36.0 Å². The molecule has 1 atom stereocenters. The number of aryl methyl sites for hydroxylation is 1. The third kappa shape index (κ3) is 7.60. The molecular formula is C27H41N3O3. The van der Waals surface area contributed by atoms with E-state index in [0.717, 1.165) is 68.4 Å². The second-order valence-electron chi connectivity index (χ2n) is 10.4. The van der Waals surface area contributed by atoms with E-state index in [1.807, 2.05) is 12.3 Å². The summed E-state index contributed by atoms with van der Waals surface area (Å²) in [5.41, 5.74) is 7.44. The van der Waals surface area contributed by atoms with Crippen molar-refractivity contribution in [3.8, 4) is 5.75 Å². The molecule has 0 spiro atoms. The van der Waals surface area contributed by atoms with Crippen molar-refractivity contribution in [2.24, 2.45) is 11.1 Å². The van der Waals surface area contributed by atoms with Gasteiger partial charge >= 0.3 is 6.09 Å². The van der Waals surface area contributed by atoms with Crippen LogP contribution in [0.5, 0.6) is 5.75 Å². The Morgan fingerprint density at radius 1 is 1.24 bits per heavy atom. The molecule has 1 saturated heterocycles. The fourth-order valence-electron chi connectivity index (χ4n) is 4.57. The summed E-state index contributed by atoms with van der Waals surface area (Å²) in [6, 6.07) is 8.57. The zero-order valence-corrected chi connectivity index (χ0v) is 20.8. The highest BCUT2D eigenvalue weighted by molar-refractivity contribution is 5.85. The minimum absolute atomic E-state index is 0.113. The average molecular weight is 456 g/mol. The number of amides is 1. The van der Waals surface area contributed by atoms with Crippen molar-refractivity contribution in [2.75, 3.05) is 19.6 Å². The van der Waals surface area contributed by atoms with Crippen molar-refractivity contribution < 1.29 is 14.3 Å². The number of ether oxygens (including phenoxy) is 2. The summed E-state index contributed by atoms with van der Waals surface area (Å²) in [6.07, 6.45) is 8.48. The fourth-order valence-corrected chi connectivity index (χ4v) is 4.57. The molecule has 1 aromatic carbocycles. The van der Waals surface area contributed by atoms with Gasteiger partial charge in [0.1, 0.15) is 23.5 Å². The molecule has 1 amide bonds. The van der Waals surface area contributed by atoms with Crippen LogP contribution in [0.2, 0.25) is 0 Å². The maximum atomic E-state index is 11.2. The summed E-state index contributed by atoms with van der Waals surface area (Å²) in [7, 11) is 0. The largest absolute Gasteiger partial charge is 0.488 e. The highest BCUT2D eigenvalue weighted by atomic mass is 16.6. The molecule has 0 saturated carbocycles. The SMILES string of the molecule is CCCCc1cc(OC2CCN(CCCC(OC(N)=O)C(C)(C)C)CC2)c2ncccc2c1. The molecule has 2 N–H and O–H groups in total. The lowest BCUT2D eigenvalue weighted by Gasteiger charge is -2.34. The normalized spacial score (nSPS) is 16.6. The molecule has 33 heavy (non-hydrogen) atoms. The van der Waals surface area contributed by atoms with Crippen LogP contribution in [0.1, 0.15) is 71.8 Å². The van der Waals surface area contributed by atoms with Crippen molar-refractivity contribution in [3.63, 3.8) is 0 Å². The lowest BCUT2D eigenvalue weighted by Crippen LogP contribution is -2.39. The number of rotatable bonds is 10. The summed E-state index contributed by atoms with van der Waals surface area (Å²) in [5, 5.41) is 1.16. The van der Waals surface area contributed by atoms with Crippen molar-refractivity contribution >= 4 is 17.0 Å². The Bertz CT molecular complexity index is 901. The quantitative estimate of drug-likeness (QED) is 0.496. The van der Waals surface area contributed by atoms with Gasteiger partial charge in [-0.2, -0.15) is 0 Å². The van der Waals surface area contributed by atoms with Gasteiger partial charge in [0, 0.05) is 24.7 Å². The summed E-state index contributed by atoms with van der Waals surface area (Å²) >= 11 is 0. The molecule has 0 radical (unpaired) electrons. The first kappa shape index (κ1) is 25.3. The van der Waals surface area contributed by atoms with Gasteiger partial charge in [-0.15, -0.1) is 0 Å². The molecule has 0 aliphatic carbocycles. The predicted octanol–water partition coefficient (Wildman–Crippen LogP) is 5.71. The van der Waals surface area contributed by atoms with E-state index in [4.69, 9.17) is 15.2 Å². The molecule has 2 heterocycles. The lowest BCUT2D eigenvalue weighted by molar-refractivity contribution is 0.0266. The van der Waals surface area contributed by atoms with Gasteiger partial charge in [-0.1, -0.05) is 40.2 Å².